The third-order valence-electron chi connectivity index (χ3n) is 2.61. The fourth-order valence-corrected chi connectivity index (χ4v) is 1.71. The number of nitrogens with zero attached hydrogens (tertiary/aromatic N) is 4. The van der Waals surface area contributed by atoms with E-state index >= 15 is 0 Å². The van der Waals surface area contributed by atoms with Crippen LogP contribution in [-0.2, 0) is 4.79 Å². The first-order valence-electron chi connectivity index (χ1n) is 6.23. The van der Waals surface area contributed by atoms with Gasteiger partial charge in [0.05, 0.1) is 11.5 Å². The molecule has 0 aliphatic heterocycles. The summed E-state index contributed by atoms with van der Waals surface area (Å²) in [6.45, 7) is 4.53. The molecule has 0 radical (unpaired) electrons. The highest BCUT2D eigenvalue weighted by Gasteiger charge is 2.26. The number of carbonyl (C=O) groups excluding carboxylic acids is 1. The van der Waals surface area contributed by atoms with Gasteiger partial charge >= 0.3 is 5.69 Å². The van der Waals surface area contributed by atoms with Crippen molar-refractivity contribution in [2.75, 3.05) is 36.9 Å². The summed E-state index contributed by atoms with van der Waals surface area (Å²) in [4.78, 5) is 31.6. The van der Waals surface area contributed by atoms with Crippen LogP contribution >= 0.6 is 0 Å². The minimum absolute atomic E-state index is 0.00531. The molecule has 0 saturated carbocycles. The Labute approximate surface area is 116 Å². The van der Waals surface area contributed by atoms with E-state index in [1.54, 1.807) is 20.9 Å². The zero-order chi connectivity index (χ0) is 15.1. The van der Waals surface area contributed by atoms with Crippen molar-refractivity contribution in [1.82, 2.24) is 15.3 Å². The maximum Gasteiger partial charge on any atom is 0.353 e. The standard InChI is InChI=1S/C11H18N6O3/c1-4-13-8(18)6-16(5-2)11-9(17(19)20)10(12-3)14-7-15-11/h7H,4-6H2,1-3H3,(H,13,18)(H,12,14,15). The van der Waals surface area contributed by atoms with Crippen LogP contribution in [0.15, 0.2) is 6.33 Å². The molecule has 9 heteroatoms. The molecule has 0 unspecified atom stereocenters. The van der Waals surface area contributed by atoms with Crippen molar-refractivity contribution < 1.29 is 9.72 Å². The summed E-state index contributed by atoms with van der Waals surface area (Å²) in [5, 5.41) is 16.5. The van der Waals surface area contributed by atoms with Crippen molar-refractivity contribution in [2.45, 2.75) is 13.8 Å². The molecule has 0 aliphatic carbocycles. The largest absolute Gasteiger partial charge is 0.367 e. The van der Waals surface area contributed by atoms with Crippen LogP contribution in [0.5, 0.6) is 0 Å². The highest BCUT2D eigenvalue weighted by molar-refractivity contribution is 5.82. The summed E-state index contributed by atoms with van der Waals surface area (Å²) in [6.07, 6.45) is 1.23. The van der Waals surface area contributed by atoms with E-state index in [2.05, 4.69) is 20.6 Å². The van der Waals surface area contributed by atoms with Gasteiger partial charge in [-0.15, -0.1) is 0 Å². The molecule has 1 amide bonds. The Hall–Kier alpha value is -2.45. The monoisotopic (exact) mass is 282 g/mol. The summed E-state index contributed by atoms with van der Waals surface area (Å²) in [5.74, 6) is 0.0331. The lowest BCUT2D eigenvalue weighted by molar-refractivity contribution is -0.383. The van der Waals surface area contributed by atoms with Crippen LogP contribution < -0.4 is 15.5 Å². The molecule has 0 atom stereocenters. The first kappa shape index (κ1) is 15.6. The maximum atomic E-state index is 11.6. The third-order valence-corrected chi connectivity index (χ3v) is 2.61. The number of hydrogen-bond donors (Lipinski definition) is 2. The topological polar surface area (TPSA) is 113 Å². The van der Waals surface area contributed by atoms with E-state index < -0.39 is 4.92 Å². The number of rotatable bonds is 7. The second-order valence-electron chi connectivity index (χ2n) is 3.87. The molecule has 0 aromatic carbocycles. The normalized spacial score (nSPS) is 9.95. The number of nitrogens with one attached hydrogen (secondary N) is 2. The highest BCUT2D eigenvalue weighted by atomic mass is 16.6. The van der Waals surface area contributed by atoms with Gasteiger partial charge in [0.25, 0.3) is 0 Å². The number of carbonyl (C=O) groups is 1. The fourth-order valence-electron chi connectivity index (χ4n) is 1.71. The number of anilines is 2. The van der Waals surface area contributed by atoms with E-state index in [-0.39, 0.29) is 29.8 Å². The van der Waals surface area contributed by atoms with Gasteiger partial charge in [-0.2, -0.15) is 0 Å². The minimum Gasteiger partial charge on any atom is -0.367 e. The molecule has 2 N–H and O–H groups in total. The van der Waals surface area contributed by atoms with Crippen molar-refractivity contribution in [3.05, 3.63) is 16.4 Å². The van der Waals surface area contributed by atoms with Crippen LogP contribution in [-0.4, -0.2) is 47.5 Å². The van der Waals surface area contributed by atoms with E-state index in [1.165, 1.54) is 11.2 Å². The first-order chi connectivity index (χ1) is 9.54. The zero-order valence-corrected chi connectivity index (χ0v) is 11.7. The molecule has 20 heavy (non-hydrogen) atoms. The van der Waals surface area contributed by atoms with Gasteiger partial charge in [0.1, 0.15) is 6.33 Å². The zero-order valence-electron chi connectivity index (χ0n) is 11.7. The Morgan fingerprint density at radius 2 is 2.15 bits per heavy atom. The predicted octanol–water partition coefficient (Wildman–Crippen LogP) is 0.389. The van der Waals surface area contributed by atoms with Gasteiger partial charge in [-0.05, 0) is 13.8 Å². The van der Waals surface area contributed by atoms with Crippen LogP contribution in [0, 0.1) is 10.1 Å². The van der Waals surface area contributed by atoms with Crippen molar-refractivity contribution in [3.8, 4) is 0 Å². The van der Waals surface area contributed by atoms with Crippen LogP contribution in [0.3, 0.4) is 0 Å². The van der Waals surface area contributed by atoms with Gasteiger partial charge in [0.2, 0.25) is 17.5 Å². The summed E-state index contributed by atoms with van der Waals surface area (Å²) in [5.41, 5.74) is -0.235. The Morgan fingerprint density at radius 1 is 1.45 bits per heavy atom. The number of amides is 1. The molecule has 1 rings (SSSR count). The molecule has 0 spiro atoms. The molecule has 0 aliphatic rings. The van der Waals surface area contributed by atoms with E-state index in [0.717, 1.165) is 0 Å². The smallest absolute Gasteiger partial charge is 0.353 e. The quantitative estimate of drug-likeness (QED) is 0.549. The van der Waals surface area contributed by atoms with Gasteiger partial charge < -0.3 is 15.5 Å². The molecule has 9 nitrogen and oxygen atoms in total. The molecule has 0 bridgehead atoms. The van der Waals surface area contributed by atoms with Crippen LogP contribution in [0.2, 0.25) is 0 Å². The number of aromatic nitrogens is 2. The second-order valence-corrected chi connectivity index (χ2v) is 3.87. The molecule has 1 heterocycles. The van der Waals surface area contributed by atoms with Crippen LogP contribution in [0.1, 0.15) is 13.8 Å². The van der Waals surface area contributed by atoms with Crippen molar-refractivity contribution >= 4 is 23.2 Å². The predicted molar refractivity (Wildman–Crippen MR) is 74.8 cm³/mol. The Kier molecular flexibility index (Phi) is 5.63. The van der Waals surface area contributed by atoms with Gasteiger partial charge in [-0.25, -0.2) is 9.97 Å². The molecule has 1 aromatic rings. The lowest BCUT2D eigenvalue weighted by Gasteiger charge is -2.21. The molecule has 0 fully saturated rings. The van der Waals surface area contributed by atoms with Crippen molar-refractivity contribution in [2.24, 2.45) is 0 Å². The van der Waals surface area contributed by atoms with E-state index in [1.807, 2.05) is 0 Å². The first-order valence-corrected chi connectivity index (χ1v) is 6.23. The van der Waals surface area contributed by atoms with Gasteiger partial charge in [-0.1, -0.05) is 0 Å². The molecule has 110 valence electrons. The number of hydrogen-bond acceptors (Lipinski definition) is 7. The minimum atomic E-state index is -0.554. The third kappa shape index (κ3) is 3.53. The summed E-state index contributed by atoms with van der Waals surface area (Å²) < 4.78 is 0. The molecule has 1 aromatic heterocycles. The lowest BCUT2D eigenvalue weighted by Crippen LogP contribution is -2.37. The average molecular weight is 282 g/mol. The molecular formula is C11H18N6O3. The van der Waals surface area contributed by atoms with Crippen LogP contribution in [0.4, 0.5) is 17.3 Å². The van der Waals surface area contributed by atoms with Crippen LogP contribution in [0.25, 0.3) is 0 Å². The molecular weight excluding hydrogens is 264 g/mol. The van der Waals surface area contributed by atoms with Crippen molar-refractivity contribution in [1.29, 1.82) is 0 Å². The summed E-state index contributed by atoms with van der Waals surface area (Å²) in [6, 6.07) is 0. The van der Waals surface area contributed by atoms with Crippen molar-refractivity contribution in [3.63, 3.8) is 0 Å². The summed E-state index contributed by atoms with van der Waals surface area (Å²) in [7, 11) is 1.54. The number of nitro groups is 1. The lowest BCUT2D eigenvalue weighted by atomic mass is 10.3. The van der Waals surface area contributed by atoms with E-state index in [9.17, 15) is 14.9 Å². The SMILES string of the molecule is CCNC(=O)CN(CC)c1ncnc(NC)c1[N+](=O)[O-]. The maximum absolute atomic E-state index is 11.6. The van der Waals surface area contributed by atoms with Gasteiger partial charge in [0.15, 0.2) is 0 Å². The fraction of sp³-hybridized carbons (Fsp3) is 0.545. The highest BCUT2D eigenvalue weighted by Crippen LogP contribution is 2.31. The number of likely N-dealkylation sites (N-methyl/N-ethyl adjacent to an activating group) is 2. The van der Waals surface area contributed by atoms with E-state index in [4.69, 9.17) is 0 Å². The molecule has 0 saturated heterocycles. The average Bonchev–Trinajstić information content (AvgIpc) is 2.44. The van der Waals surface area contributed by atoms with Gasteiger partial charge in [0, 0.05) is 20.1 Å². The summed E-state index contributed by atoms with van der Waals surface area (Å²) >= 11 is 0. The Morgan fingerprint density at radius 3 is 2.65 bits per heavy atom. The second kappa shape index (κ2) is 7.22. The van der Waals surface area contributed by atoms with E-state index in [0.29, 0.717) is 13.1 Å². The Balaban J connectivity index is 3.14. The van der Waals surface area contributed by atoms with Gasteiger partial charge in [-0.3, -0.25) is 14.9 Å². The Bertz CT molecular complexity index is 493.